The molecule has 2 rings (SSSR count). The van der Waals surface area contributed by atoms with Gasteiger partial charge in [0.25, 0.3) is 0 Å². The number of halogens is 1. The van der Waals surface area contributed by atoms with Gasteiger partial charge in [-0.2, -0.15) is 5.26 Å². The molecule has 0 saturated carbocycles. The minimum Gasteiger partial charge on any atom is -0.478 e. The first kappa shape index (κ1) is 15.1. The molecule has 0 spiro atoms. The fraction of sp³-hybridized carbons (Fsp3) is 0. The molecule has 0 bridgehead atoms. The Balaban J connectivity index is 2.26. The van der Waals surface area contributed by atoms with Crippen molar-refractivity contribution >= 4 is 34.6 Å². The number of rotatable bonds is 4. The van der Waals surface area contributed by atoms with Crippen LogP contribution in [0.3, 0.4) is 0 Å². The Morgan fingerprint density at radius 3 is 2.57 bits per heavy atom. The number of ether oxygens (including phenoxy) is 1. The third-order valence-corrected chi connectivity index (χ3v) is 3.30. The molecule has 0 saturated heterocycles. The lowest BCUT2D eigenvalue weighted by Gasteiger charge is -2.08. The highest BCUT2D eigenvalue weighted by molar-refractivity contribution is 14.1. The lowest BCUT2D eigenvalue weighted by Crippen LogP contribution is -1.90. The van der Waals surface area contributed by atoms with Crippen LogP contribution >= 0.6 is 22.6 Å². The average molecular weight is 391 g/mol. The van der Waals surface area contributed by atoms with Gasteiger partial charge < -0.3 is 9.84 Å². The van der Waals surface area contributed by atoms with Crippen molar-refractivity contribution in [2.75, 3.05) is 0 Å². The number of benzene rings is 2. The smallest absolute Gasteiger partial charge is 0.328 e. The van der Waals surface area contributed by atoms with Crippen LogP contribution in [0.1, 0.15) is 11.1 Å². The number of nitrogens with zero attached hydrogens (tertiary/aromatic N) is 1. The van der Waals surface area contributed by atoms with Crippen LogP contribution in [0, 0.1) is 14.9 Å². The summed E-state index contributed by atoms with van der Waals surface area (Å²) in [6.45, 7) is 0. The van der Waals surface area contributed by atoms with Gasteiger partial charge in [-0.25, -0.2) is 4.79 Å². The summed E-state index contributed by atoms with van der Waals surface area (Å²) in [6, 6.07) is 14.4. The first-order valence-corrected chi connectivity index (χ1v) is 7.05. The number of nitriles is 1. The Kier molecular flexibility index (Phi) is 4.95. The molecule has 0 aliphatic heterocycles. The van der Waals surface area contributed by atoms with Crippen LogP contribution < -0.4 is 4.74 Å². The van der Waals surface area contributed by atoms with Gasteiger partial charge in [-0.1, -0.05) is 6.07 Å². The van der Waals surface area contributed by atoms with E-state index in [1.54, 1.807) is 18.2 Å². The summed E-state index contributed by atoms with van der Waals surface area (Å²) in [4.78, 5) is 10.5. The van der Waals surface area contributed by atoms with Crippen LogP contribution in [0.25, 0.3) is 6.08 Å². The highest BCUT2D eigenvalue weighted by atomic mass is 127. The van der Waals surface area contributed by atoms with Crippen molar-refractivity contribution in [2.24, 2.45) is 0 Å². The lowest BCUT2D eigenvalue weighted by molar-refractivity contribution is -0.131. The highest BCUT2D eigenvalue weighted by Gasteiger charge is 2.05. The second-order valence-corrected chi connectivity index (χ2v) is 5.34. The first-order chi connectivity index (χ1) is 10.1. The molecule has 0 aromatic heterocycles. The maximum Gasteiger partial charge on any atom is 0.328 e. The summed E-state index contributed by atoms with van der Waals surface area (Å²) < 4.78 is 6.76. The zero-order chi connectivity index (χ0) is 15.2. The van der Waals surface area contributed by atoms with Crippen molar-refractivity contribution < 1.29 is 14.6 Å². The quantitative estimate of drug-likeness (QED) is 0.631. The Morgan fingerprint density at radius 2 is 1.95 bits per heavy atom. The fourth-order valence-corrected chi connectivity index (χ4v) is 1.98. The molecule has 21 heavy (non-hydrogen) atoms. The molecule has 0 unspecified atom stereocenters. The lowest BCUT2D eigenvalue weighted by atomic mass is 10.1. The normalized spacial score (nSPS) is 10.3. The maximum atomic E-state index is 10.5. The molecule has 0 amide bonds. The van der Waals surface area contributed by atoms with Gasteiger partial charge >= 0.3 is 5.97 Å². The van der Waals surface area contributed by atoms with Crippen LogP contribution in [0.15, 0.2) is 48.5 Å². The van der Waals surface area contributed by atoms with Crippen LogP contribution in [-0.2, 0) is 4.79 Å². The van der Waals surface area contributed by atoms with E-state index in [2.05, 4.69) is 22.6 Å². The average Bonchev–Trinajstić information content (AvgIpc) is 2.48. The Hall–Kier alpha value is -2.33. The van der Waals surface area contributed by atoms with Crippen molar-refractivity contribution in [3.8, 4) is 17.6 Å². The molecule has 0 fully saturated rings. The van der Waals surface area contributed by atoms with Gasteiger partial charge in [0.15, 0.2) is 0 Å². The monoisotopic (exact) mass is 391 g/mol. The van der Waals surface area contributed by atoms with E-state index in [1.807, 2.05) is 30.3 Å². The van der Waals surface area contributed by atoms with E-state index in [0.29, 0.717) is 22.6 Å². The van der Waals surface area contributed by atoms with E-state index >= 15 is 0 Å². The molecule has 0 heterocycles. The van der Waals surface area contributed by atoms with E-state index < -0.39 is 5.97 Å². The van der Waals surface area contributed by atoms with E-state index in [1.165, 1.54) is 6.08 Å². The first-order valence-electron chi connectivity index (χ1n) is 5.97. The number of carboxylic acids is 1. The second-order valence-electron chi connectivity index (χ2n) is 4.09. The van der Waals surface area contributed by atoms with Crippen molar-refractivity contribution in [1.29, 1.82) is 5.26 Å². The maximum absolute atomic E-state index is 10.5. The van der Waals surface area contributed by atoms with Gasteiger partial charge in [-0.05, 0) is 70.6 Å². The molecule has 1 N–H and O–H groups in total. The van der Waals surface area contributed by atoms with Gasteiger partial charge in [0.05, 0.1) is 5.56 Å². The summed E-state index contributed by atoms with van der Waals surface area (Å²) in [6.07, 6.45) is 2.45. The molecule has 4 nitrogen and oxygen atoms in total. The predicted molar refractivity (Wildman–Crippen MR) is 87.1 cm³/mol. The van der Waals surface area contributed by atoms with E-state index in [-0.39, 0.29) is 0 Å². The third kappa shape index (κ3) is 4.33. The summed E-state index contributed by atoms with van der Waals surface area (Å²) in [5.41, 5.74) is 0.977. The molecule has 0 aliphatic carbocycles. The Bertz CT molecular complexity index is 730. The van der Waals surface area contributed by atoms with E-state index in [9.17, 15) is 10.1 Å². The number of aliphatic carboxylic acids is 1. The van der Waals surface area contributed by atoms with E-state index in [4.69, 9.17) is 9.84 Å². The Morgan fingerprint density at radius 1 is 1.24 bits per heavy atom. The summed E-state index contributed by atoms with van der Waals surface area (Å²) in [5.74, 6) is 0.0413. The van der Waals surface area contributed by atoms with Gasteiger partial charge in [-0.15, -0.1) is 0 Å². The van der Waals surface area contributed by atoms with Gasteiger partial charge in [0.2, 0.25) is 0 Å². The minimum atomic E-state index is -1.03. The molecular formula is C16H10INO3. The van der Waals surface area contributed by atoms with Crippen LogP contribution in [0.4, 0.5) is 0 Å². The summed E-state index contributed by atoms with van der Waals surface area (Å²) >= 11 is 2.20. The molecule has 0 radical (unpaired) electrons. The highest BCUT2D eigenvalue weighted by Crippen LogP contribution is 2.26. The minimum absolute atomic E-state index is 0.348. The second kappa shape index (κ2) is 6.90. The Labute approximate surface area is 135 Å². The SMILES string of the molecule is N#Cc1cc(/C=C/C(=O)O)ccc1Oc1ccc(I)cc1. The summed E-state index contributed by atoms with van der Waals surface area (Å²) in [5, 5.41) is 17.8. The summed E-state index contributed by atoms with van der Waals surface area (Å²) in [7, 11) is 0. The molecule has 0 aliphatic rings. The standard InChI is InChI=1S/C16H10INO3/c17-13-3-5-14(6-4-13)21-15-7-1-11(2-8-16(19)20)9-12(15)10-18/h1-9H,(H,19,20)/b8-2+. The molecule has 5 heteroatoms. The zero-order valence-corrected chi connectivity index (χ0v) is 12.9. The van der Waals surface area contributed by atoms with Gasteiger partial charge in [0, 0.05) is 9.65 Å². The topological polar surface area (TPSA) is 70.3 Å². The molecule has 2 aromatic carbocycles. The van der Waals surface area contributed by atoms with Crippen LogP contribution in [0.2, 0.25) is 0 Å². The number of carboxylic acid groups (broad SMARTS) is 1. The molecule has 0 atom stereocenters. The molecule has 104 valence electrons. The molecular weight excluding hydrogens is 381 g/mol. The number of hydrogen-bond acceptors (Lipinski definition) is 3. The third-order valence-electron chi connectivity index (χ3n) is 2.58. The van der Waals surface area contributed by atoms with Gasteiger partial charge in [0.1, 0.15) is 17.6 Å². The molecule has 2 aromatic rings. The number of carbonyl (C=O) groups is 1. The van der Waals surface area contributed by atoms with Crippen molar-refractivity contribution in [3.05, 3.63) is 63.2 Å². The largest absolute Gasteiger partial charge is 0.478 e. The van der Waals surface area contributed by atoms with Crippen LogP contribution in [-0.4, -0.2) is 11.1 Å². The zero-order valence-electron chi connectivity index (χ0n) is 10.8. The fourth-order valence-electron chi connectivity index (χ4n) is 1.62. The van der Waals surface area contributed by atoms with Crippen LogP contribution in [0.5, 0.6) is 11.5 Å². The van der Waals surface area contributed by atoms with Crippen molar-refractivity contribution in [1.82, 2.24) is 0 Å². The van der Waals surface area contributed by atoms with Gasteiger partial charge in [-0.3, -0.25) is 0 Å². The van der Waals surface area contributed by atoms with E-state index in [0.717, 1.165) is 9.65 Å². The van der Waals surface area contributed by atoms with Crippen molar-refractivity contribution in [3.63, 3.8) is 0 Å². The number of hydrogen-bond donors (Lipinski definition) is 1. The van der Waals surface area contributed by atoms with Crippen molar-refractivity contribution in [2.45, 2.75) is 0 Å². The predicted octanol–water partition coefficient (Wildman–Crippen LogP) is 4.05.